The van der Waals surface area contributed by atoms with E-state index in [0.717, 1.165) is 6.42 Å². The first kappa shape index (κ1) is 17.4. The van der Waals surface area contributed by atoms with Crippen molar-refractivity contribution in [2.24, 2.45) is 11.5 Å². The first-order valence-corrected chi connectivity index (χ1v) is 6.51. The van der Waals surface area contributed by atoms with Crippen molar-refractivity contribution in [3.63, 3.8) is 0 Å². The molecule has 19 heavy (non-hydrogen) atoms. The molecule has 0 spiro atoms. The predicted octanol–water partition coefficient (Wildman–Crippen LogP) is -1.05. The minimum absolute atomic E-state index is 0.0425. The lowest BCUT2D eigenvalue weighted by atomic mass is 10.2. The monoisotopic (exact) mass is 272 g/mol. The molecular weight excluding hydrogens is 248 g/mol. The van der Waals surface area contributed by atoms with Gasteiger partial charge in [-0.1, -0.05) is 13.8 Å². The molecule has 0 aliphatic rings. The van der Waals surface area contributed by atoms with E-state index >= 15 is 0 Å². The average Bonchev–Trinajstić information content (AvgIpc) is 2.34. The Balaban J connectivity index is 4.48. The summed E-state index contributed by atoms with van der Waals surface area (Å²) in [5, 5.41) is 2.69. The number of nitrogens with zero attached hydrogens (tertiary/aromatic N) is 1. The molecular formula is C12H24N4O3. The quantitative estimate of drug-likeness (QED) is 0.496. The molecule has 0 aromatic rings. The molecule has 0 aromatic heterocycles. The summed E-state index contributed by atoms with van der Waals surface area (Å²) >= 11 is 0. The van der Waals surface area contributed by atoms with Crippen LogP contribution in [0.1, 0.15) is 33.1 Å². The van der Waals surface area contributed by atoms with Crippen molar-refractivity contribution in [1.29, 1.82) is 0 Å². The molecule has 0 saturated carbocycles. The van der Waals surface area contributed by atoms with Crippen LogP contribution in [-0.4, -0.2) is 48.3 Å². The van der Waals surface area contributed by atoms with E-state index in [0.29, 0.717) is 19.5 Å². The van der Waals surface area contributed by atoms with E-state index in [1.165, 1.54) is 4.90 Å². The van der Waals surface area contributed by atoms with Crippen LogP contribution in [0.15, 0.2) is 0 Å². The molecule has 5 N–H and O–H groups in total. The number of amides is 3. The molecule has 0 heterocycles. The molecule has 0 aromatic carbocycles. The third-order valence-electron chi connectivity index (χ3n) is 2.45. The summed E-state index contributed by atoms with van der Waals surface area (Å²) in [4.78, 5) is 35.7. The summed E-state index contributed by atoms with van der Waals surface area (Å²) in [7, 11) is 0. The first-order chi connectivity index (χ1) is 8.92. The van der Waals surface area contributed by atoms with E-state index in [1.807, 2.05) is 13.8 Å². The third-order valence-corrected chi connectivity index (χ3v) is 2.45. The van der Waals surface area contributed by atoms with Crippen LogP contribution in [0.3, 0.4) is 0 Å². The van der Waals surface area contributed by atoms with E-state index in [4.69, 9.17) is 11.5 Å². The van der Waals surface area contributed by atoms with E-state index < -0.39 is 17.9 Å². The van der Waals surface area contributed by atoms with Gasteiger partial charge >= 0.3 is 0 Å². The second kappa shape index (κ2) is 9.32. The number of nitrogens with one attached hydrogen (secondary N) is 1. The van der Waals surface area contributed by atoms with Crippen molar-refractivity contribution >= 4 is 17.7 Å². The molecule has 0 aliphatic heterocycles. The molecule has 0 aliphatic carbocycles. The zero-order valence-corrected chi connectivity index (χ0v) is 11.6. The van der Waals surface area contributed by atoms with Crippen LogP contribution in [0.5, 0.6) is 0 Å². The van der Waals surface area contributed by atoms with Gasteiger partial charge < -0.3 is 21.7 Å². The minimum Gasteiger partial charge on any atom is -0.370 e. The van der Waals surface area contributed by atoms with Gasteiger partial charge in [0.25, 0.3) is 0 Å². The standard InChI is InChI=1S/C12H24N4O3/c1-3-5-15-11(18)8-16(6-4-2)12(19)9(13)7-10(14)17/h9H,3-8,13H2,1-2H3,(H2,14,17)(H,15,18). The smallest absolute Gasteiger partial charge is 0.240 e. The largest absolute Gasteiger partial charge is 0.370 e. The molecule has 0 radical (unpaired) electrons. The van der Waals surface area contributed by atoms with Crippen LogP contribution in [0.2, 0.25) is 0 Å². The Labute approximate surface area is 113 Å². The van der Waals surface area contributed by atoms with E-state index in [1.54, 1.807) is 0 Å². The highest BCUT2D eigenvalue weighted by molar-refractivity contribution is 5.90. The first-order valence-electron chi connectivity index (χ1n) is 6.51. The Morgan fingerprint density at radius 1 is 1.21 bits per heavy atom. The van der Waals surface area contributed by atoms with Gasteiger partial charge in [0.15, 0.2) is 0 Å². The maximum atomic E-state index is 12.0. The number of hydrogen-bond donors (Lipinski definition) is 3. The lowest BCUT2D eigenvalue weighted by molar-refractivity contribution is -0.138. The molecule has 0 saturated heterocycles. The zero-order chi connectivity index (χ0) is 14.8. The Morgan fingerprint density at radius 2 is 1.84 bits per heavy atom. The fraction of sp³-hybridized carbons (Fsp3) is 0.750. The van der Waals surface area contributed by atoms with Crippen molar-refractivity contribution in [2.45, 2.75) is 39.2 Å². The number of rotatable bonds is 9. The molecule has 0 bridgehead atoms. The zero-order valence-electron chi connectivity index (χ0n) is 11.6. The Bertz CT molecular complexity index is 320. The topological polar surface area (TPSA) is 119 Å². The van der Waals surface area contributed by atoms with E-state index in [-0.39, 0.29) is 18.9 Å². The Hall–Kier alpha value is -1.63. The van der Waals surface area contributed by atoms with Gasteiger partial charge in [-0.2, -0.15) is 0 Å². The van der Waals surface area contributed by atoms with Gasteiger partial charge in [0.2, 0.25) is 17.7 Å². The third kappa shape index (κ3) is 7.40. The SMILES string of the molecule is CCCNC(=O)CN(CCC)C(=O)C(N)CC(N)=O. The predicted molar refractivity (Wildman–Crippen MR) is 72.0 cm³/mol. The summed E-state index contributed by atoms with van der Waals surface area (Å²) < 4.78 is 0. The molecule has 1 atom stereocenters. The normalized spacial score (nSPS) is 11.7. The summed E-state index contributed by atoms with van der Waals surface area (Å²) in [6.07, 6.45) is 1.32. The summed E-state index contributed by atoms with van der Waals surface area (Å²) in [6, 6.07) is -0.983. The van der Waals surface area contributed by atoms with Crippen LogP contribution in [0, 0.1) is 0 Å². The molecule has 0 fully saturated rings. The number of carbonyl (C=O) groups excluding carboxylic acids is 3. The minimum atomic E-state index is -0.983. The van der Waals surface area contributed by atoms with Crippen LogP contribution in [0.4, 0.5) is 0 Å². The van der Waals surface area contributed by atoms with Crippen molar-refractivity contribution in [3.05, 3.63) is 0 Å². The van der Waals surface area contributed by atoms with Gasteiger partial charge in [-0.05, 0) is 12.8 Å². The van der Waals surface area contributed by atoms with Crippen LogP contribution in [0.25, 0.3) is 0 Å². The highest BCUT2D eigenvalue weighted by Crippen LogP contribution is 1.99. The van der Waals surface area contributed by atoms with Crippen LogP contribution >= 0.6 is 0 Å². The fourth-order valence-corrected chi connectivity index (χ4v) is 1.57. The van der Waals surface area contributed by atoms with Gasteiger partial charge in [-0.15, -0.1) is 0 Å². The summed E-state index contributed by atoms with van der Waals surface area (Å²) in [5.41, 5.74) is 10.6. The molecule has 110 valence electrons. The molecule has 1 unspecified atom stereocenters. The second-order valence-electron chi connectivity index (χ2n) is 4.39. The lowest BCUT2D eigenvalue weighted by Crippen LogP contribution is -2.49. The van der Waals surface area contributed by atoms with Crippen molar-refractivity contribution in [3.8, 4) is 0 Å². The van der Waals surface area contributed by atoms with Crippen LogP contribution in [-0.2, 0) is 14.4 Å². The van der Waals surface area contributed by atoms with Gasteiger partial charge in [-0.3, -0.25) is 14.4 Å². The highest BCUT2D eigenvalue weighted by Gasteiger charge is 2.23. The summed E-state index contributed by atoms with van der Waals surface area (Å²) in [5.74, 6) is -1.28. The molecule has 0 rings (SSSR count). The average molecular weight is 272 g/mol. The van der Waals surface area contributed by atoms with Gasteiger partial charge in [0.05, 0.1) is 19.0 Å². The van der Waals surface area contributed by atoms with E-state index in [9.17, 15) is 14.4 Å². The number of carbonyl (C=O) groups is 3. The Kier molecular flexibility index (Phi) is 8.52. The number of nitrogens with two attached hydrogens (primary N) is 2. The maximum absolute atomic E-state index is 12.0. The van der Waals surface area contributed by atoms with Crippen molar-refractivity contribution < 1.29 is 14.4 Å². The fourth-order valence-electron chi connectivity index (χ4n) is 1.57. The second-order valence-corrected chi connectivity index (χ2v) is 4.39. The number of hydrogen-bond acceptors (Lipinski definition) is 4. The van der Waals surface area contributed by atoms with Gasteiger partial charge in [0, 0.05) is 13.1 Å². The number of primary amides is 1. The van der Waals surface area contributed by atoms with Crippen molar-refractivity contribution in [2.75, 3.05) is 19.6 Å². The Morgan fingerprint density at radius 3 is 2.32 bits per heavy atom. The highest BCUT2D eigenvalue weighted by atomic mass is 16.2. The van der Waals surface area contributed by atoms with Gasteiger partial charge in [-0.25, -0.2) is 0 Å². The van der Waals surface area contributed by atoms with Crippen LogP contribution < -0.4 is 16.8 Å². The molecule has 7 nitrogen and oxygen atoms in total. The van der Waals surface area contributed by atoms with Gasteiger partial charge in [0.1, 0.15) is 0 Å². The van der Waals surface area contributed by atoms with E-state index in [2.05, 4.69) is 5.32 Å². The van der Waals surface area contributed by atoms with Crippen molar-refractivity contribution in [1.82, 2.24) is 10.2 Å². The molecule has 7 heteroatoms. The lowest BCUT2D eigenvalue weighted by Gasteiger charge is -2.24. The molecule has 3 amide bonds. The maximum Gasteiger partial charge on any atom is 0.240 e. The summed E-state index contributed by atoms with van der Waals surface area (Å²) in [6.45, 7) is 4.78.